The summed E-state index contributed by atoms with van der Waals surface area (Å²) in [4.78, 5) is 0. The van der Waals surface area contributed by atoms with Crippen molar-refractivity contribution in [2.75, 3.05) is 27.0 Å². The lowest BCUT2D eigenvalue weighted by Gasteiger charge is -2.23. The number of methoxy groups -OCH3 is 1. The Hall–Kier alpha value is -1.06. The van der Waals surface area contributed by atoms with Gasteiger partial charge in [0.1, 0.15) is 5.75 Å². The Morgan fingerprint density at radius 1 is 1.19 bits per heavy atom. The van der Waals surface area contributed by atoms with Crippen LogP contribution < -0.4 is 10.1 Å². The van der Waals surface area contributed by atoms with E-state index in [1.165, 1.54) is 18.4 Å². The van der Waals surface area contributed by atoms with Gasteiger partial charge in [0.15, 0.2) is 6.79 Å². The zero-order valence-corrected chi connectivity index (χ0v) is 9.74. The first kappa shape index (κ1) is 11.4. The molecule has 0 saturated carbocycles. The number of hydrogen-bond acceptors (Lipinski definition) is 3. The molecule has 0 aliphatic carbocycles. The number of ether oxygens (including phenoxy) is 2. The summed E-state index contributed by atoms with van der Waals surface area (Å²) in [6.45, 7) is 2.58. The third-order valence-electron chi connectivity index (χ3n) is 3.03. The molecule has 1 aromatic carbocycles. The van der Waals surface area contributed by atoms with Gasteiger partial charge in [-0.05, 0) is 49.5 Å². The van der Waals surface area contributed by atoms with E-state index in [-0.39, 0.29) is 0 Å². The summed E-state index contributed by atoms with van der Waals surface area (Å²) in [5.74, 6) is 1.58. The lowest BCUT2D eigenvalue weighted by molar-refractivity contribution is 0.0511. The second-order valence-electron chi connectivity index (χ2n) is 4.14. The molecular formula is C13H19NO2. The molecule has 88 valence electrons. The first-order chi connectivity index (χ1) is 7.90. The number of nitrogens with one attached hydrogen (secondary N) is 1. The summed E-state index contributed by atoms with van der Waals surface area (Å²) in [6, 6.07) is 8.38. The predicted octanol–water partition coefficient (Wildman–Crippen LogP) is 2.14. The topological polar surface area (TPSA) is 30.5 Å². The third kappa shape index (κ3) is 2.97. The summed E-state index contributed by atoms with van der Waals surface area (Å²) in [7, 11) is 1.63. The number of hydrogen-bond donors (Lipinski definition) is 1. The van der Waals surface area contributed by atoms with Crippen molar-refractivity contribution in [3.8, 4) is 5.75 Å². The molecule has 1 aliphatic rings. The minimum Gasteiger partial charge on any atom is -0.468 e. The number of rotatable bonds is 4. The standard InChI is InChI=1S/C13H19NO2/c1-15-10-16-13-4-2-11(3-5-13)12-6-8-14-9-7-12/h2-5,12,14H,6-10H2,1H3. The fourth-order valence-corrected chi connectivity index (χ4v) is 2.12. The van der Waals surface area contributed by atoms with Crippen molar-refractivity contribution in [1.29, 1.82) is 0 Å². The molecule has 1 aliphatic heterocycles. The van der Waals surface area contributed by atoms with Gasteiger partial charge in [-0.1, -0.05) is 12.1 Å². The minimum atomic E-state index is 0.312. The molecule has 0 amide bonds. The van der Waals surface area contributed by atoms with E-state index in [0.29, 0.717) is 12.7 Å². The molecule has 0 atom stereocenters. The van der Waals surface area contributed by atoms with Crippen LogP contribution >= 0.6 is 0 Å². The Bertz CT molecular complexity index is 304. The summed E-state index contributed by atoms with van der Waals surface area (Å²) < 4.78 is 10.2. The van der Waals surface area contributed by atoms with Crippen molar-refractivity contribution in [2.45, 2.75) is 18.8 Å². The number of benzene rings is 1. The average molecular weight is 221 g/mol. The van der Waals surface area contributed by atoms with Crippen LogP contribution in [0, 0.1) is 0 Å². The maximum absolute atomic E-state index is 5.36. The van der Waals surface area contributed by atoms with E-state index in [4.69, 9.17) is 9.47 Å². The smallest absolute Gasteiger partial charge is 0.188 e. The molecule has 0 aromatic heterocycles. The van der Waals surface area contributed by atoms with Crippen LogP contribution in [0.4, 0.5) is 0 Å². The SMILES string of the molecule is COCOc1ccc(C2CCNCC2)cc1. The lowest BCUT2D eigenvalue weighted by atomic mass is 9.90. The molecule has 2 rings (SSSR count). The Labute approximate surface area is 96.8 Å². The third-order valence-corrected chi connectivity index (χ3v) is 3.03. The van der Waals surface area contributed by atoms with Gasteiger partial charge in [-0.2, -0.15) is 0 Å². The van der Waals surface area contributed by atoms with Crippen molar-refractivity contribution in [3.63, 3.8) is 0 Å². The van der Waals surface area contributed by atoms with Crippen LogP contribution in [-0.2, 0) is 4.74 Å². The van der Waals surface area contributed by atoms with Gasteiger partial charge in [0.05, 0.1) is 0 Å². The molecule has 1 N–H and O–H groups in total. The summed E-state index contributed by atoms with van der Waals surface area (Å²) in [5, 5.41) is 3.38. The molecule has 1 fully saturated rings. The average Bonchev–Trinajstić information content (AvgIpc) is 2.38. The predicted molar refractivity (Wildman–Crippen MR) is 63.8 cm³/mol. The van der Waals surface area contributed by atoms with Gasteiger partial charge in [0.2, 0.25) is 0 Å². The van der Waals surface area contributed by atoms with E-state index in [9.17, 15) is 0 Å². The van der Waals surface area contributed by atoms with Gasteiger partial charge in [-0.3, -0.25) is 0 Å². The van der Waals surface area contributed by atoms with E-state index in [1.807, 2.05) is 12.1 Å². The van der Waals surface area contributed by atoms with E-state index in [1.54, 1.807) is 7.11 Å². The van der Waals surface area contributed by atoms with Crippen molar-refractivity contribution in [2.24, 2.45) is 0 Å². The Morgan fingerprint density at radius 2 is 1.88 bits per heavy atom. The second-order valence-corrected chi connectivity index (χ2v) is 4.14. The van der Waals surface area contributed by atoms with Gasteiger partial charge in [-0.25, -0.2) is 0 Å². The molecule has 0 radical (unpaired) electrons. The van der Waals surface area contributed by atoms with Gasteiger partial charge >= 0.3 is 0 Å². The highest BCUT2D eigenvalue weighted by Gasteiger charge is 2.14. The van der Waals surface area contributed by atoms with Crippen molar-refractivity contribution >= 4 is 0 Å². The quantitative estimate of drug-likeness (QED) is 0.790. The first-order valence-corrected chi connectivity index (χ1v) is 5.82. The van der Waals surface area contributed by atoms with E-state index in [0.717, 1.165) is 18.8 Å². The molecule has 3 nitrogen and oxygen atoms in total. The molecule has 3 heteroatoms. The maximum Gasteiger partial charge on any atom is 0.188 e. The van der Waals surface area contributed by atoms with Crippen LogP contribution in [0.5, 0.6) is 5.75 Å². The summed E-state index contributed by atoms with van der Waals surface area (Å²) in [5.41, 5.74) is 1.42. The molecule has 0 bridgehead atoms. The monoisotopic (exact) mass is 221 g/mol. The fourth-order valence-electron chi connectivity index (χ4n) is 2.12. The summed E-state index contributed by atoms with van der Waals surface area (Å²) >= 11 is 0. The van der Waals surface area contributed by atoms with Crippen LogP contribution in [0.25, 0.3) is 0 Å². The highest BCUT2D eigenvalue weighted by molar-refractivity contribution is 5.29. The molecule has 16 heavy (non-hydrogen) atoms. The van der Waals surface area contributed by atoms with Crippen LogP contribution in [0.2, 0.25) is 0 Å². The zero-order chi connectivity index (χ0) is 11.2. The normalized spacial score (nSPS) is 17.3. The largest absolute Gasteiger partial charge is 0.468 e. The second kappa shape index (κ2) is 5.87. The Balaban J connectivity index is 1.95. The molecule has 0 spiro atoms. The molecular weight excluding hydrogens is 202 g/mol. The van der Waals surface area contributed by atoms with Crippen LogP contribution in [0.3, 0.4) is 0 Å². The molecule has 1 heterocycles. The van der Waals surface area contributed by atoms with Gasteiger partial charge in [0.25, 0.3) is 0 Å². The van der Waals surface area contributed by atoms with Gasteiger partial charge in [0, 0.05) is 7.11 Å². The first-order valence-electron chi connectivity index (χ1n) is 5.82. The van der Waals surface area contributed by atoms with E-state index >= 15 is 0 Å². The molecule has 1 aromatic rings. The van der Waals surface area contributed by atoms with Crippen LogP contribution in [-0.4, -0.2) is 27.0 Å². The van der Waals surface area contributed by atoms with Crippen molar-refractivity contribution in [1.82, 2.24) is 5.32 Å². The Morgan fingerprint density at radius 3 is 2.50 bits per heavy atom. The maximum atomic E-state index is 5.36. The highest BCUT2D eigenvalue weighted by atomic mass is 16.7. The van der Waals surface area contributed by atoms with Gasteiger partial charge < -0.3 is 14.8 Å². The summed E-state index contributed by atoms with van der Waals surface area (Å²) in [6.07, 6.45) is 2.47. The molecule has 0 unspecified atom stereocenters. The lowest BCUT2D eigenvalue weighted by Crippen LogP contribution is -2.26. The van der Waals surface area contributed by atoms with Crippen molar-refractivity contribution < 1.29 is 9.47 Å². The van der Waals surface area contributed by atoms with Gasteiger partial charge in [-0.15, -0.1) is 0 Å². The zero-order valence-electron chi connectivity index (χ0n) is 9.74. The van der Waals surface area contributed by atoms with Crippen LogP contribution in [0.1, 0.15) is 24.3 Å². The van der Waals surface area contributed by atoms with Crippen molar-refractivity contribution in [3.05, 3.63) is 29.8 Å². The molecule has 1 saturated heterocycles. The van der Waals surface area contributed by atoms with Crippen LogP contribution in [0.15, 0.2) is 24.3 Å². The number of piperidine rings is 1. The Kier molecular flexibility index (Phi) is 4.19. The minimum absolute atomic E-state index is 0.312. The fraction of sp³-hybridized carbons (Fsp3) is 0.538. The van der Waals surface area contributed by atoms with E-state index < -0.39 is 0 Å². The van der Waals surface area contributed by atoms with E-state index in [2.05, 4.69) is 17.4 Å². The highest BCUT2D eigenvalue weighted by Crippen LogP contribution is 2.26.